The Labute approximate surface area is 124 Å². The van der Waals surface area contributed by atoms with Crippen molar-refractivity contribution in [1.29, 1.82) is 0 Å². The van der Waals surface area contributed by atoms with Gasteiger partial charge in [0.25, 0.3) is 0 Å². The Balaban J connectivity index is 0.000000315. The zero-order chi connectivity index (χ0) is 15.7. The molecule has 0 atom stereocenters. The van der Waals surface area contributed by atoms with Gasteiger partial charge in [0.05, 0.1) is 0 Å². The first-order valence-corrected chi connectivity index (χ1v) is 6.91. The van der Waals surface area contributed by atoms with Gasteiger partial charge in [-0.05, 0) is 38.5 Å². The van der Waals surface area contributed by atoms with E-state index in [2.05, 4.69) is 47.6 Å². The first-order valence-electron chi connectivity index (χ1n) is 6.91. The summed E-state index contributed by atoms with van der Waals surface area (Å²) in [6, 6.07) is 11.3. The fourth-order valence-electron chi connectivity index (χ4n) is 2.07. The molecule has 21 heavy (non-hydrogen) atoms. The van der Waals surface area contributed by atoms with E-state index in [4.69, 9.17) is 19.8 Å². The molecule has 6 nitrogen and oxygen atoms in total. The molecule has 1 aliphatic rings. The fourth-order valence-corrected chi connectivity index (χ4v) is 2.07. The van der Waals surface area contributed by atoms with Crippen molar-refractivity contribution in [1.82, 2.24) is 10.2 Å². The SMILES string of the molecule is CN1CCC(NCc2ccccc2)CC1.O=C(O)C(=O)O. The van der Waals surface area contributed by atoms with Crippen LogP contribution in [0.2, 0.25) is 0 Å². The molecule has 1 aliphatic heterocycles. The molecular weight excluding hydrogens is 272 g/mol. The van der Waals surface area contributed by atoms with Gasteiger partial charge in [-0.25, -0.2) is 9.59 Å². The Kier molecular flexibility index (Phi) is 7.42. The lowest BCUT2D eigenvalue weighted by molar-refractivity contribution is -0.159. The fraction of sp³-hybridized carbons (Fsp3) is 0.467. The number of nitrogens with zero attached hydrogens (tertiary/aromatic N) is 1. The third kappa shape index (κ3) is 7.43. The van der Waals surface area contributed by atoms with Gasteiger partial charge in [-0.3, -0.25) is 0 Å². The second-order valence-electron chi connectivity index (χ2n) is 5.05. The number of aliphatic carboxylic acids is 2. The molecule has 1 heterocycles. The van der Waals surface area contributed by atoms with Crippen molar-refractivity contribution in [2.75, 3.05) is 20.1 Å². The molecule has 116 valence electrons. The highest BCUT2D eigenvalue weighted by molar-refractivity contribution is 6.27. The molecule has 1 saturated heterocycles. The molecule has 0 unspecified atom stereocenters. The van der Waals surface area contributed by atoms with E-state index in [1.807, 2.05) is 0 Å². The van der Waals surface area contributed by atoms with Crippen LogP contribution in [-0.2, 0) is 16.1 Å². The summed E-state index contributed by atoms with van der Waals surface area (Å²) in [5, 5.41) is 18.4. The van der Waals surface area contributed by atoms with E-state index < -0.39 is 11.9 Å². The molecule has 0 saturated carbocycles. The zero-order valence-corrected chi connectivity index (χ0v) is 12.2. The number of rotatable bonds is 3. The van der Waals surface area contributed by atoms with Crippen molar-refractivity contribution in [2.45, 2.75) is 25.4 Å². The van der Waals surface area contributed by atoms with Crippen LogP contribution in [0.4, 0.5) is 0 Å². The van der Waals surface area contributed by atoms with Gasteiger partial charge in [0.1, 0.15) is 0 Å². The number of hydrogen-bond acceptors (Lipinski definition) is 4. The number of benzene rings is 1. The standard InChI is InChI=1S/C13H20N2.C2H2O4/c1-15-9-7-13(8-10-15)14-11-12-5-3-2-4-6-12;3-1(4)2(5)6/h2-6,13-14H,7-11H2,1H3;(H,3,4)(H,5,6). The highest BCUT2D eigenvalue weighted by atomic mass is 16.4. The van der Waals surface area contributed by atoms with E-state index in [1.165, 1.54) is 31.5 Å². The van der Waals surface area contributed by atoms with Crippen LogP contribution in [0, 0.1) is 0 Å². The van der Waals surface area contributed by atoms with Crippen molar-refractivity contribution in [3.05, 3.63) is 35.9 Å². The number of hydrogen-bond donors (Lipinski definition) is 3. The van der Waals surface area contributed by atoms with Crippen LogP contribution in [0.5, 0.6) is 0 Å². The van der Waals surface area contributed by atoms with Gasteiger partial charge >= 0.3 is 11.9 Å². The molecule has 1 aromatic carbocycles. The molecule has 0 radical (unpaired) electrons. The summed E-state index contributed by atoms with van der Waals surface area (Å²) in [6.45, 7) is 3.47. The van der Waals surface area contributed by atoms with E-state index in [0.29, 0.717) is 6.04 Å². The predicted octanol–water partition coefficient (Wildman–Crippen LogP) is 1.03. The Morgan fingerprint density at radius 2 is 1.67 bits per heavy atom. The molecule has 0 bridgehead atoms. The van der Waals surface area contributed by atoms with Crippen molar-refractivity contribution >= 4 is 11.9 Å². The van der Waals surface area contributed by atoms with E-state index >= 15 is 0 Å². The molecule has 0 spiro atoms. The highest BCUT2D eigenvalue weighted by Crippen LogP contribution is 2.09. The number of nitrogens with one attached hydrogen (secondary N) is 1. The number of carboxylic acid groups (broad SMARTS) is 2. The Morgan fingerprint density at radius 1 is 1.14 bits per heavy atom. The lowest BCUT2D eigenvalue weighted by atomic mass is 10.1. The van der Waals surface area contributed by atoms with Crippen molar-refractivity contribution in [3.63, 3.8) is 0 Å². The van der Waals surface area contributed by atoms with E-state index in [9.17, 15) is 0 Å². The molecule has 3 N–H and O–H groups in total. The molecular formula is C15H22N2O4. The minimum atomic E-state index is -1.82. The quantitative estimate of drug-likeness (QED) is 0.721. The molecule has 0 amide bonds. The minimum Gasteiger partial charge on any atom is -0.473 e. The Hall–Kier alpha value is -1.92. The predicted molar refractivity (Wildman–Crippen MR) is 79.1 cm³/mol. The van der Waals surface area contributed by atoms with Crippen molar-refractivity contribution in [2.24, 2.45) is 0 Å². The molecule has 6 heteroatoms. The van der Waals surface area contributed by atoms with Crippen molar-refractivity contribution in [3.8, 4) is 0 Å². The monoisotopic (exact) mass is 294 g/mol. The summed E-state index contributed by atoms with van der Waals surface area (Å²) in [7, 11) is 2.20. The first-order chi connectivity index (χ1) is 9.99. The van der Waals surface area contributed by atoms with Gasteiger partial charge in [0.15, 0.2) is 0 Å². The van der Waals surface area contributed by atoms with Crippen LogP contribution in [0.15, 0.2) is 30.3 Å². The summed E-state index contributed by atoms with van der Waals surface area (Å²) in [4.78, 5) is 20.6. The summed E-state index contributed by atoms with van der Waals surface area (Å²) in [6.07, 6.45) is 2.56. The Bertz CT molecular complexity index is 430. The van der Waals surface area contributed by atoms with Crippen molar-refractivity contribution < 1.29 is 19.8 Å². The maximum Gasteiger partial charge on any atom is 0.414 e. The van der Waals surface area contributed by atoms with Gasteiger partial charge in [-0.1, -0.05) is 30.3 Å². The second kappa shape index (κ2) is 9.10. The normalized spacial score (nSPS) is 15.9. The molecule has 1 fully saturated rings. The van der Waals surface area contributed by atoms with Crippen LogP contribution in [0.1, 0.15) is 18.4 Å². The van der Waals surface area contributed by atoms with Gasteiger partial charge < -0.3 is 20.4 Å². The maximum atomic E-state index is 9.10. The van der Waals surface area contributed by atoms with Gasteiger partial charge in [0.2, 0.25) is 0 Å². The molecule has 0 aromatic heterocycles. The molecule has 2 rings (SSSR count). The number of likely N-dealkylation sites (tertiary alicyclic amines) is 1. The zero-order valence-electron chi connectivity index (χ0n) is 12.2. The van der Waals surface area contributed by atoms with Crippen LogP contribution >= 0.6 is 0 Å². The third-order valence-corrected chi connectivity index (χ3v) is 3.34. The summed E-state index contributed by atoms with van der Waals surface area (Å²) >= 11 is 0. The minimum absolute atomic E-state index is 0.710. The second-order valence-corrected chi connectivity index (χ2v) is 5.05. The van der Waals surface area contributed by atoms with Gasteiger partial charge in [0, 0.05) is 12.6 Å². The average Bonchev–Trinajstić information content (AvgIpc) is 2.48. The molecule has 0 aliphatic carbocycles. The Morgan fingerprint density at radius 3 is 2.14 bits per heavy atom. The van der Waals surface area contributed by atoms with Crippen LogP contribution in [0.25, 0.3) is 0 Å². The average molecular weight is 294 g/mol. The lowest BCUT2D eigenvalue weighted by Gasteiger charge is -2.29. The maximum absolute atomic E-state index is 9.10. The smallest absolute Gasteiger partial charge is 0.414 e. The van der Waals surface area contributed by atoms with E-state index in [-0.39, 0.29) is 0 Å². The summed E-state index contributed by atoms with van der Waals surface area (Å²) in [5.41, 5.74) is 1.39. The summed E-state index contributed by atoms with van der Waals surface area (Å²) < 4.78 is 0. The third-order valence-electron chi connectivity index (χ3n) is 3.34. The highest BCUT2D eigenvalue weighted by Gasteiger charge is 2.15. The number of piperidine rings is 1. The number of carboxylic acids is 2. The van der Waals surface area contributed by atoms with E-state index in [0.717, 1.165) is 6.54 Å². The molecule has 1 aromatic rings. The largest absolute Gasteiger partial charge is 0.473 e. The topological polar surface area (TPSA) is 89.9 Å². The summed E-state index contributed by atoms with van der Waals surface area (Å²) in [5.74, 6) is -3.65. The first kappa shape index (κ1) is 17.1. The lowest BCUT2D eigenvalue weighted by Crippen LogP contribution is -2.40. The number of carbonyl (C=O) groups is 2. The van der Waals surface area contributed by atoms with Crippen LogP contribution in [0.3, 0.4) is 0 Å². The van der Waals surface area contributed by atoms with Crippen LogP contribution in [-0.4, -0.2) is 53.2 Å². The van der Waals surface area contributed by atoms with E-state index in [1.54, 1.807) is 0 Å². The van der Waals surface area contributed by atoms with Crippen LogP contribution < -0.4 is 5.32 Å². The van der Waals surface area contributed by atoms with Gasteiger partial charge in [-0.15, -0.1) is 0 Å². The van der Waals surface area contributed by atoms with Gasteiger partial charge in [-0.2, -0.15) is 0 Å².